The first-order chi connectivity index (χ1) is 15.0. The second-order valence-corrected chi connectivity index (χ2v) is 8.43. The van der Waals surface area contributed by atoms with Crippen LogP contribution in [0.15, 0.2) is 36.5 Å². The number of ether oxygens (including phenoxy) is 2. The van der Waals surface area contributed by atoms with Crippen molar-refractivity contribution in [2.24, 2.45) is 0 Å². The highest BCUT2D eigenvalue weighted by atomic mass is 35.5. The maximum Gasteiger partial charge on any atom is 0.320 e. The number of aromatic nitrogens is 3. The number of benzene rings is 1. The number of halogens is 3. The second-order valence-electron chi connectivity index (χ2n) is 8.07. The predicted octanol–water partition coefficient (Wildman–Crippen LogP) is 4.35. The van der Waals surface area contributed by atoms with E-state index in [1.165, 1.54) is 6.20 Å². The third kappa shape index (κ3) is 3.90. The largest absolute Gasteiger partial charge is 0.472 e. The summed E-state index contributed by atoms with van der Waals surface area (Å²) in [6.45, 7) is 1.74. The van der Waals surface area contributed by atoms with Gasteiger partial charge in [-0.15, -0.1) is 0 Å². The van der Waals surface area contributed by atoms with Crippen LogP contribution in [0.4, 0.5) is 8.78 Å². The molecule has 2 atom stereocenters. The Hall–Kier alpha value is -2.58. The van der Waals surface area contributed by atoms with Gasteiger partial charge in [0.25, 0.3) is 0 Å². The zero-order valence-corrected chi connectivity index (χ0v) is 17.5. The van der Waals surface area contributed by atoms with Crippen LogP contribution in [0.1, 0.15) is 24.8 Å². The average Bonchev–Trinajstić information content (AvgIpc) is 3.30. The molecule has 1 unspecified atom stereocenters. The molecule has 2 aromatic heterocycles. The van der Waals surface area contributed by atoms with Crippen molar-refractivity contribution < 1.29 is 18.3 Å². The minimum Gasteiger partial charge on any atom is -0.472 e. The molecule has 0 N–H and O–H groups in total. The highest BCUT2D eigenvalue weighted by molar-refractivity contribution is 6.30. The van der Waals surface area contributed by atoms with Crippen molar-refractivity contribution in [3.63, 3.8) is 0 Å². The van der Waals surface area contributed by atoms with Crippen LogP contribution in [-0.4, -0.2) is 51.3 Å². The standard InChI is InChI=1S/C22H21ClF2N4O2/c23-19-17(25)18-16(10-26-19)20(30-12-14-5-2-1-3-6-14)28-21(27-18)31-13-22-7-4-8-29(22)11-15(24)9-22/h1-3,5-6,10,15H,4,7-9,11-13H2/t15-,22?/m1/s1. The lowest BCUT2D eigenvalue weighted by Gasteiger charge is -2.30. The number of hydrogen-bond acceptors (Lipinski definition) is 6. The van der Waals surface area contributed by atoms with E-state index >= 15 is 0 Å². The second kappa shape index (κ2) is 8.16. The average molecular weight is 447 g/mol. The Balaban J connectivity index is 1.44. The summed E-state index contributed by atoms with van der Waals surface area (Å²) in [4.78, 5) is 14.6. The van der Waals surface area contributed by atoms with Gasteiger partial charge in [-0.3, -0.25) is 4.90 Å². The number of hydrogen-bond donors (Lipinski definition) is 0. The van der Waals surface area contributed by atoms with Gasteiger partial charge in [0.15, 0.2) is 11.0 Å². The monoisotopic (exact) mass is 446 g/mol. The Bertz CT molecular complexity index is 1100. The minimum absolute atomic E-state index is 0.0244. The molecular formula is C22H21ClF2N4O2. The molecule has 0 saturated carbocycles. The lowest BCUT2D eigenvalue weighted by atomic mass is 9.95. The van der Waals surface area contributed by atoms with Crippen molar-refractivity contribution in [1.82, 2.24) is 19.9 Å². The molecule has 2 saturated heterocycles. The molecule has 9 heteroatoms. The first-order valence-corrected chi connectivity index (χ1v) is 10.6. The van der Waals surface area contributed by atoms with Crippen LogP contribution in [0.25, 0.3) is 10.9 Å². The fraction of sp³-hybridized carbons (Fsp3) is 0.409. The number of fused-ring (bicyclic) bond motifs is 2. The van der Waals surface area contributed by atoms with Gasteiger partial charge in [-0.2, -0.15) is 9.97 Å². The molecule has 6 nitrogen and oxygen atoms in total. The van der Waals surface area contributed by atoms with Crippen LogP contribution in [0.2, 0.25) is 5.15 Å². The van der Waals surface area contributed by atoms with Gasteiger partial charge in [-0.25, -0.2) is 13.8 Å². The Labute approximate surface area is 183 Å². The van der Waals surface area contributed by atoms with Crippen LogP contribution >= 0.6 is 11.6 Å². The number of alkyl halides is 1. The molecule has 0 spiro atoms. The first kappa shape index (κ1) is 20.3. The van der Waals surface area contributed by atoms with Gasteiger partial charge >= 0.3 is 6.01 Å². The van der Waals surface area contributed by atoms with E-state index < -0.39 is 12.0 Å². The van der Waals surface area contributed by atoms with E-state index in [4.69, 9.17) is 21.1 Å². The fourth-order valence-corrected chi connectivity index (χ4v) is 4.67. The maximum atomic E-state index is 14.7. The molecule has 0 aliphatic carbocycles. The van der Waals surface area contributed by atoms with Gasteiger partial charge in [0.2, 0.25) is 5.88 Å². The van der Waals surface area contributed by atoms with E-state index in [-0.39, 0.29) is 41.3 Å². The maximum absolute atomic E-state index is 14.7. The van der Waals surface area contributed by atoms with Crippen molar-refractivity contribution in [2.45, 2.75) is 37.6 Å². The van der Waals surface area contributed by atoms with Gasteiger partial charge in [0.05, 0.1) is 10.9 Å². The quantitative estimate of drug-likeness (QED) is 0.525. The molecule has 31 heavy (non-hydrogen) atoms. The third-order valence-electron chi connectivity index (χ3n) is 6.04. The van der Waals surface area contributed by atoms with Crippen molar-refractivity contribution in [3.05, 3.63) is 53.1 Å². The summed E-state index contributed by atoms with van der Waals surface area (Å²) in [6, 6.07) is 9.51. The SMILES string of the molecule is Fc1c(Cl)ncc2c(OCc3ccccc3)nc(OCC34CCCN3C[C@H](F)C4)nc12. The Kier molecular flexibility index (Phi) is 5.35. The molecule has 2 fully saturated rings. The van der Waals surface area contributed by atoms with E-state index in [0.717, 1.165) is 24.9 Å². The summed E-state index contributed by atoms with van der Waals surface area (Å²) in [5.41, 5.74) is 0.542. The van der Waals surface area contributed by atoms with E-state index in [9.17, 15) is 8.78 Å². The summed E-state index contributed by atoms with van der Waals surface area (Å²) >= 11 is 5.86. The van der Waals surface area contributed by atoms with Gasteiger partial charge in [-0.05, 0) is 24.9 Å². The molecule has 0 amide bonds. The molecule has 1 aromatic carbocycles. The first-order valence-electron chi connectivity index (χ1n) is 10.2. The molecule has 162 valence electrons. The third-order valence-corrected chi connectivity index (χ3v) is 6.30. The number of rotatable bonds is 6. The van der Waals surface area contributed by atoms with E-state index in [0.29, 0.717) is 18.4 Å². The van der Waals surface area contributed by atoms with Crippen molar-refractivity contribution in [3.8, 4) is 11.9 Å². The molecule has 3 aromatic rings. The van der Waals surface area contributed by atoms with Crippen LogP contribution in [0.5, 0.6) is 11.9 Å². The smallest absolute Gasteiger partial charge is 0.320 e. The lowest BCUT2D eigenvalue weighted by molar-refractivity contribution is 0.106. The van der Waals surface area contributed by atoms with Gasteiger partial charge in [0.1, 0.15) is 24.9 Å². The Morgan fingerprint density at radius 1 is 1.19 bits per heavy atom. The van der Waals surface area contributed by atoms with Crippen LogP contribution in [0.3, 0.4) is 0 Å². The van der Waals surface area contributed by atoms with Crippen molar-refractivity contribution >= 4 is 22.5 Å². The van der Waals surface area contributed by atoms with Gasteiger partial charge < -0.3 is 9.47 Å². The normalized spacial score (nSPS) is 23.3. The van der Waals surface area contributed by atoms with Crippen LogP contribution in [-0.2, 0) is 6.61 Å². The Morgan fingerprint density at radius 3 is 2.87 bits per heavy atom. The number of pyridine rings is 1. The molecular weight excluding hydrogens is 426 g/mol. The predicted molar refractivity (Wildman–Crippen MR) is 112 cm³/mol. The topological polar surface area (TPSA) is 60.4 Å². The zero-order valence-electron chi connectivity index (χ0n) is 16.7. The van der Waals surface area contributed by atoms with E-state index in [1.807, 2.05) is 30.3 Å². The zero-order chi connectivity index (χ0) is 21.4. The summed E-state index contributed by atoms with van der Waals surface area (Å²) in [5, 5.41) is 0.0123. The van der Waals surface area contributed by atoms with Gasteiger partial charge in [0, 0.05) is 19.2 Å². The highest BCUT2D eigenvalue weighted by Gasteiger charge is 2.49. The lowest BCUT2D eigenvalue weighted by Crippen LogP contribution is -2.43. The number of nitrogens with zero attached hydrogens (tertiary/aromatic N) is 4. The van der Waals surface area contributed by atoms with Crippen LogP contribution in [0, 0.1) is 5.82 Å². The van der Waals surface area contributed by atoms with Gasteiger partial charge in [-0.1, -0.05) is 41.9 Å². The molecule has 2 aliphatic heterocycles. The molecule has 0 radical (unpaired) electrons. The molecule has 2 aliphatic rings. The summed E-state index contributed by atoms with van der Waals surface area (Å²) in [5.74, 6) is -0.608. The summed E-state index contributed by atoms with van der Waals surface area (Å²) < 4.78 is 40.5. The van der Waals surface area contributed by atoms with E-state index in [1.54, 1.807) is 0 Å². The minimum atomic E-state index is -0.867. The van der Waals surface area contributed by atoms with Crippen molar-refractivity contribution in [1.29, 1.82) is 0 Å². The Morgan fingerprint density at radius 2 is 2.03 bits per heavy atom. The fourth-order valence-electron chi connectivity index (χ4n) is 4.54. The molecule has 4 heterocycles. The summed E-state index contributed by atoms with van der Waals surface area (Å²) in [7, 11) is 0. The highest BCUT2D eigenvalue weighted by Crippen LogP contribution is 2.40. The summed E-state index contributed by atoms with van der Waals surface area (Å²) in [6.07, 6.45) is 2.78. The molecule has 5 rings (SSSR count). The van der Waals surface area contributed by atoms with Crippen LogP contribution < -0.4 is 9.47 Å². The van der Waals surface area contributed by atoms with E-state index in [2.05, 4.69) is 19.9 Å². The van der Waals surface area contributed by atoms with Crippen molar-refractivity contribution in [2.75, 3.05) is 19.7 Å². The molecule has 0 bridgehead atoms.